The number of hydrogen-bond donors (Lipinski definition) is 0. The van der Waals surface area contributed by atoms with E-state index in [4.69, 9.17) is 16.3 Å². The molecule has 1 aliphatic heterocycles. The maximum Gasteiger partial charge on any atom is 0.338 e. The summed E-state index contributed by atoms with van der Waals surface area (Å²) in [5, 5.41) is -0.660. The van der Waals surface area contributed by atoms with Crippen molar-refractivity contribution in [3.8, 4) is 0 Å². The molecule has 1 aromatic carbocycles. The molecule has 2 atom stereocenters. The van der Waals surface area contributed by atoms with Crippen LogP contribution in [0.2, 0.25) is 0 Å². The molecule has 0 aromatic heterocycles. The number of sulfone groups is 1. The predicted octanol–water partition coefficient (Wildman–Crippen LogP) is 1.25. The minimum atomic E-state index is -3.18. The molecule has 0 bridgehead atoms. The Morgan fingerprint density at radius 2 is 1.88 bits per heavy atom. The molecule has 0 N–H and O–H groups in total. The summed E-state index contributed by atoms with van der Waals surface area (Å²) in [5.74, 6) is -0.876. The lowest BCUT2D eigenvalue weighted by atomic mass is 10.2. The van der Waals surface area contributed by atoms with Crippen LogP contribution in [-0.2, 0) is 14.6 Å². The van der Waals surface area contributed by atoms with Gasteiger partial charge in [-0.05, 0) is 12.1 Å². The Kier molecular flexibility index (Phi) is 3.40. The summed E-state index contributed by atoms with van der Waals surface area (Å²) in [6.45, 7) is 0. The van der Waals surface area contributed by atoms with Gasteiger partial charge in [-0.2, -0.15) is 0 Å². The van der Waals surface area contributed by atoms with Gasteiger partial charge in [0.1, 0.15) is 6.10 Å². The molecule has 1 aliphatic rings. The van der Waals surface area contributed by atoms with Crippen LogP contribution in [-0.4, -0.2) is 37.4 Å². The van der Waals surface area contributed by atoms with Crippen LogP contribution in [0.4, 0.5) is 0 Å². The quantitative estimate of drug-likeness (QED) is 0.601. The van der Waals surface area contributed by atoms with E-state index in [0.717, 1.165) is 0 Å². The van der Waals surface area contributed by atoms with E-state index in [2.05, 4.69) is 0 Å². The van der Waals surface area contributed by atoms with Crippen molar-refractivity contribution in [2.45, 2.75) is 11.5 Å². The third kappa shape index (κ3) is 2.98. The summed E-state index contributed by atoms with van der Waals surface area (Å²) < 4.78 is 27.7. The van der Waals surface area contributed by atoms with Gasteiger partial charge in [0, 0.05) is 0 Å². The molecule has 0 saturated carbocycles. The minimum Gasteiger partial charge on any atom is -0.456 e. The van der Waals surface area contributed by atoms with E-state index in [1.54, 1.807) is 30.3 Å². The van der Waals surface area contributed by atoms with Crippen molar-refractivity contribution in [2.75, 3.05) is 11.5 Å². The highest BCUT2D eigenvalue weighted by atomic mass is 35.5. The molecular weight excluding hydrogens is 264 g/mol. The normalized spacial score (nSPS) is 26.6. The topological polar surface area (TPSA) is 60.4 Å². The third-order valence-corrected chi connectivity index (χ3v) is 4.82. The smallest absolute Gasteiger partial charge is 0.338 e. The Bertz CT molecular complexity index is 512. The molecule has 0 amide bonds. The van der Waals surface area contributed by atoms with Gasteiger partial charge in [0.15, 0.2) is 9.84 Å². The van der Waals surface area contributed by atoms with Crippen LogP contribution >= 0.6 is 11.6 Å². The average Bonchev–Trinajstić information content (AvgIpc) is 2.53. The molecule has 1 heterocycles. The van der Waals surface area contributed by atoms with Gasteiger partial charge in [-0.15, -0.1) is 11.6 Å². The van der Waals surface area contributed by atoms with E-state index in [-0.39, 0.29) is 11.5 Å². The number of carbonyl (C=O) groups excluding carboxylic acids is 1. The van der Waals surface area contributed by atoms with Crippen LogP contribution in [0.5, 0.6) is 0 Å². The summed E-state index contributed by atoms with van der Waals surface area (Å²) in [6.07, 6.45) is -0.755. The van der Waals surface area contributed by atoms with Crippen molar-refractivity contribution in [3.05, 3.63) is 35.9 Å². The maximum atomic E-state index is 11.7. The Labute approximate surface area is 104 Å². The first-order chi connectivity index (χ1) is 7.98. The molecule has 1 saturated heterocycles. The number of hydrogen-bond acceptors (Lipinski definition) is 4. The molecule has 0 radical (unpaired) electrons. The van der Waals surface area contributed by atoms with Gasteiger partial charge in [0.25, 0.3) is 0 Å². The largest absolute Gasteiger partial charge is 0.456 e. The number of esters is 1. The van der Waals surface area contributed by atoms with E-state index in [0.29, 0.717) is 5.56 Å². The lowest BCUT2D eigenvalue weighted by Crippen LogP contribution is -2.26. The summed E-state index contributed by atoms with van der Waals surface area (Å²) in [7, 11) is -3.18. The minimum absolute atomic E-state index is 0.138. The Hall–Kier alpha value is -1.07. The van der Waals surface area contributed by atoms with Gasteiger partial charge in [0.05, 0.1) is 22.4 Å². The number of benzene rings is 1. The van der Waals surface area contributed by atoms with Crippen molar-refractivity contribution in [1.29, 1.82) is 0 Å². The second kappa shape index (κ2) is 4.66. The Morgan fingerprint density at radius 3 is 2.41 bits per heavy atom. The molecule has 2 rings (SSSR count). The number of rotatable bonds is 2. The third-order valence-electron chi connectivity index (χ3n) is 2.50. The lowest BCUT2D eigenvalue weighted by Gasteiger charge is -2.13. The van der Waals surface area contributed by atoms with E-state index in [9.17, 15) is 13.2 Å². The van der Waals surface area contributed by atoms with Crippen molar-refractivity contribution in [1.82, 2.24) is 0 Å². The van der Waals surface area contributed by atoms with Gasteiger partial charge in [-0.1, -0.05) is 18.2 Å². The SMILES string of the molecule is O=C(O[C@H]1CS(=O)(=O)C[C@H]1Cl)c1ccccc1. The lowest BCUT2D eigenvalue weighted by molar-refractivity contribution is 0.0362. The number of carbonyl (C=O) groups is 1. The summed E-state index contributed by atoms with van der Waals surface area (Å²) in [6, 6.07) is 8.41. The Morgan fingerprint density at radius 1 is 1.24 bits per heavy atom. The highest BCUT2D eigenvalue weighted by Crippen LogP contribution is 2.21. The fourth-order valence-corrected chi connectivity index (χ4v) is 4.12. The van der Waals surface area contributed by atoms with E-state index in [1.165, 1.54) is 0 Å². The van der Waals surface area contributed by atoms with Gasteiger partial charge in [-0.3, -0.25) is 0 Å². The van der Waals surface area contributed by atoms with Gasteiger partial charge >= 0.3 is 5.97 Å². The van der Waals surface area contributed by atoms with E-state index in [1.807, 2.05) is 0 Å². The monoisotopic (exact) mass is 274 g/mol. The van der Waals surface area contributed by atoms with Gasteiger partial charge < -0.3 is 4.74 Å². The number of halogens is 1. The molecule has 4 nitrogen and oxygen atoms in total. The summed E-state index contributed by atoms with van der Waals surface area (Å²) in [4.78, 5) is 11.7. The van der Waals surface area contributed by atoms with Crippen molar-refractivity contribution < 1.29 is 17.9 Å². The molecular formula is C11H11ClO4S. The molecule has 17 heavy (non-hydrogen) atoms. The molecule has 92 valence electrons. The van der Waals surface area contributed by atoms with E-state index < -0.39 is 27.3 Å². The van der Waals surface area contributed by atoms with Crippen LogP contribution in [0.25, 0.3) is 0 Å². The summed E-state index contributed by atoms with van der Waals surface area (Å²) >= 11 is 5.84. The first kappa shape index (κ1) is 12.4. The second-order valence-corrected chi connectivity index (χ2v) is 6.62. The standard InChI is InChI=1S/C11H11ClO4S/c12-9-6-17(14,15)7-10(9)16-11(13)8-4-2-1-3-5-8/h1-5,9-10H,6-7H2/t9-,10+/m1/s1. The van der Waals surface area contributed by atoms with E-state index >= 15 is 0 Å². The van der Waals surface area contributed by atoms with Crippen molar-refractivity contribution in [2.24, 2.45) is 0 Å². The predicted molar refractivity (Wildman–Crippen MR) is 63.9 cm³/mol. The molecule has 0 aliphatic carbocycles. The Balaban J connectivity index is 2.06. The van der Waals surface area contributed by atoms with Crippen LogP contribution in [0, 0.1) is 0 Å². The zero-order valence-electron chi connectivity index (χ0n) is 8.87. The van der Waals surface area contributed by atoms with Gasteiger partial charge in [-0.25, -0.2) is 13.2 Å². The second-order valence-electron chi connectivity index (χ2n) is 3.90. The molecule has 0 spiro atoms. The van der Waals surface area contributed by atoms with Crippen LogP contribution in [0.15, 0.2) is 30.3 Å². The van der Waals surface area contributed by atoms with Crippen molar-refractivity contribution >= 4 is 27.4 Å². The molecule has 1 aromatic rings. The fraction of sp³-hybridized carbons (Fsp3) is 0.364. The zero-order valence-corrected chi connectivity index (χ0v) is 10.4. The molecule has 0 unspecified atom stereocenters. The van der Waals surface area contributed by atoms with Crippen LogP contribution < -0.4 is 0 Å². The van der Waals surface area contributed by atoms with Gasteiger partial charge in [0.2, 0.25) is 0 Å². The first-order valence-corrected chi connectivity index (χ1v) is 7.34. The fourth-order valence-electron chi connectivity index (χ4n) is 1.66. The van der Waals surface area contributed by atoms with Crippen LogP contribution in [0.1, 0.15) is 10.4 Å². The molecule has 6 heteroatoms. The zero-order chi connectivity index (χ0) is 12.5. The van der Waals surface area contributed by atoms with Crippen LogP contribution in [0.3, 0.4) is 0 Å². The number of ether oxygens (including phenoxy) is 1. The number of alkyl halides is 1. The average molecular weight is 275 g/mol. The summed E-state index contributed by atoms with van der Waals surface area (Å²) in [5.41, 5.74) is 0.390. The molecule has 1 fully saturated rings. The maximum absolute atomic E-state index is 11.7. The highest BCUT2D eigenvalue weighted by Gasteiger charge is 2.39. The highest BCUT2D eigenvalue weighted by molar-refractivity contribution is 7.91. The van der Waals surface area contributed by atoms with Crippen molar-refractivity contribution in [3.63, 3.8) is 0 Å². The first-order valence-electron chi connectivity index (χ1n) is 5.08.